The number of hydrogen-bond donors (Lipinski definition) is 2. The molecule has 0 heterocycles. The zero-order valence-electron chi connectivity index (χ0n) is 11.1. The first-order valence-corrected chi connectivity index (χ1v) is 6.03. The lowest BCUT2D eigenvalue weighted by molar-refractivity contribution is -0.384. The van der Waals surface area contributed by atoms with E-state index in [1.807, 2.05) is 6.07 Å². The van der Waals surface area contributed by atoms with Crippen LogP contribution in [-0.4, -0.2) is 27.9 Å². The maximum Gasteiger partial charge on any atom is 0.326 e. The fourth-order valence-electron chi connectivity index (χ4n) is 1.63. The van der Waals surface area contributed by atoms with E-state index in [2.05, 4.69) is 5.32 Å². The van der Waals surface area contributed by atoms with Gasteiger partial charge in [0.25, 0.3) is 11.6 Å². The molecule has 8 nitrogen and oxygen atoms in total. The monoisotopic (exact) mass is 291 g/mol. The van der Waals surface area contributed by atoms with Gasteiger partial charge in [-0.25, -0.2) is 4.79 Å². The van der Waals surface area contributed by atoms with Crippen LogP contribution in [0.2, 0.25) is 0 Å². The number of nitro groups is 1. The average molecular weight is 291 g/mol. The zero-order chi connectivity index (χ0) is 16.0. The summed E-state index contributed by atoms with van der Waals surface area (Å²) >= 11 is 0. The van der Waals surface area contributed by atoms with Gasteiger partial charge in [0.1, 0.15) is 6.04 Å². The van der Waals surface area contributed by atoms with Crippen molar-refractivity contribution in [3.63, 3.8) is 0 Å². The van der Waals surface area contributed by atoms with E-state index in [-0.39, 0.29) is 17.7 Å². The topological polar surface area (TPSA) is 133 Å². The third kappa shape index (κ3) is 4.58. The molecule has 0 saturated heterocycles. The van der Waals surface area contributed by atoms with Crippen LogP contribution < -0.4 is 5.32 Å². The highest BCUT2D eigenvalue weighted by atomic mass is 16.6. The Hall–Kier alpha value is -2.95. The van der Waals surface area contributed by atoms with Crippen LogP contribution in [0.1, 0.15) is 23.7 Å². The number of amides is 1. The van der Waals surface area contributed by atoms with Gasteiger partial charge in [-0.15, -0.1) is 0 Å². The van der Waals surface area contributed by atoms with E-state index in [0.717, 1.165) is 6.07 Å². The Morgan fingerprint density at radius 3 is 2.71 bits per heavy atom. The van der Waals surface area contributed by atoms with Gasteiger partial charge in [-0.2, -0.15) is 5.26 Å². The van der Waals surface area contributed by atoms with Gasteiger partial charge in [-0.1, -0.05) is 6.07 Å². The lowest BCUT2D eigenvalue weighted by Crippen LogP contribution is -2.41. The van der Waals surface area contributed by atoms with E-state index >= 15 is 0 Å². The molecular weight excluding hydrogens is 278 g/mol. The molecule has 8 heteroatoms. The Morgan fingerprint density at radius 1 is 1.52 bits per heavy atom. The molecule has 0 bridgehead atoms. The molecule has 1 aromatic rings. The summed E-state index contributed by atoms with van der Waals surface area (Å²) in [5.41, 5.74) is -0.278. The molecule has 0 fully saturated rings. The Balaban J connectivity index is 2.87. The highest BCUT2D eigenvalue weighted by Crippen LogP contribution is 2.14. The molecule has 1 rings (SSSR count). The maximum absolute atomic E-state index is 11.9. The number of nitrogens with one attached hydrogen (secondary N) is 1. The van der Waals surface area contributed by atoms with E-state index in [4.69, 9.17) is 10.4 Å². The molecule has 0 aromatic heterocycles. The molecule has 0 radical (unpaired) electrons. The largest absolute Gasteiger partial charge is 0.480 e. The van der Waals surface area contributed by atoms with Crippen molar-refractivity contribution < 1.29 is 19.6 Å². The summed E-state index contributed by atoms with van der Waals surface area (Å²) in [5, 5.41) is 30.6. The second-order valence-corrected chi connectivity index (χ2v) is 4.44. The van der Waals surface area contributed by atoms with Crippen molar-refractivity contribution in [3.05, 3.63) is 39.9 Å². The molecule has 0 unspecified atom stereocenters. The van der Waals surface area contributed by atoms with E-state index in [1.165, 1.54) is 25.1 Å². The van der Waals surface area contributed by atoms with Crippen molar-refractivity contribution in [3.8, 4) is 6.07 Å². The molecule has 0 saturated carbocycles. The van der Waals surface area contributed by atoms with Crippen molar-refractivity contribution in [2.45, 2.75) is 19.4 Å². The Morgan fingerprint density at radius 2 is 2.19 bits per heavy atom. The number of carbonyl (C=O) groups is 2. The second kappa shape index (κ2) is 7.00. The van der Waals surface area contributed by atoms with Gasteiger partial charge in [-0.05, 0) is 19.4 Å². The SMILES string of the molecule is C[C@H](C#N)C[C@@H](NC(=O)c1cccc([N+](=O)[O-])c1)C(=O)O. The number of hydrogen-bond acceptors (Lipinski definition) is 5. The standard InChI is InChI=1S/C13H13N3O5/c1-8(7-14)5-11(13(18)19)15-12(17)9-3-2-4-10(6-9)16(20)21/h2-4,6,8,11H,5H2,1H3,(H,15,17)(H,18,19)/t8-,11+/m0/s1. The number of carboxylic acids is 1. The predicted molar refractivity (Wildman–Crippen MR) is 71.4 cm³/mol. The fraction of sp³-hybridized carbons (Fsp3) is 0.308. The number of nitro benzene ring substituents is 1. The highest BCUT2D eigenvalue weighted by Gasteiger charge is 2.23. The number of nitriles is 1. The van der Waals surface area contributed by atoms with Crippen LogP contribution in [0, 0.1) is 27.4 Å². The molecule has 1 aromatic carbocycles. The van der Waals surface area contributed by atoms with Crippen LogP contribution in [-0.2, 0) is 4.79 Å². The van der Waals surface area contributed by atoms with Gasteiger partial charge in [0, 0.05) is 23.6 Å². The van der Waals surface area contributed by atoms with Crippen molar-refractivity contribution in [1.29, 1.82) is 5.26 Å². The fourth-order valence-corrected chi connectivity index (χ4v) is 1.63. The Labute approximate surface area is 120 Å². The van der Waals surface area contributed by atoms with Crippen molar-refractivity contribution in [1.82, 2.24) is 5.32 Å². The first-order valence-electron chi connectivity index (χ1n) is 6.03. The summed E-state index contributed by atoms with van der Waals surface area (Å²) in [6, 6.07) is 5.61. The normalized spacial score (nSPS) is 12.8. The first-order chi connectivity index (χ1) is 9.85. The average Bonchev–Trinajstić information content (AvgIpc) is 2.46. The van der Waals surface area contributed by atoms with Crippen LogP contribution in [0.25, 0.3) is 0 Å². The van der Waals surface area contributed by atoms with Gasteiger partial charge in [0.05, 0.1) is 11.0 Å². The summed E-state index contributed by atoms with van der Waals surface area (Å²) < 4.78 is 0. The van der Waals surface area contributed by atoms with Crippen LogP contribution in [0.4, 0.5) is 5.69 Å². The number of nitrogens with zero attached hydrogens (tertiary/aromatic N) is 2. The van der Waals surface area contributed by atoms with Gasteiger partial charge in [0.15, 0.2) is 0 Å². The summed E-state index contributed by atoms with van der Waals surface area (Å²) in [6.45, 7) is 1.54. The molecule has 21 heavy (non-hydrogen) atoms. The van der Waals surface area contributed by atoms with E-state index < -0.39 is 28.8 Å². The molecule has 2 N–H and O–H groups in total. The van der Waals surface area contributed by atoms with E-state index in [0.29, 0.717) is 0 Å². The van der Waals surface area contributed by atoms with Crippen molar-refractivity contribution in [2.75, 3.05) is 0 Å². The molecule has 0 aliphatic carbocycles. The minimum absolute atomic E-state index is 0.0138. The molecule has 0 spiro atoms. The van der Waals surface area contributed by atoms with Crippen LogP contribution >= 0.6 is 0 Å². The zero-order valence-corrected chi connectivity index (χ0v) is 11.1. The maximum atomic E-state index is 11.9. The summed E-state index contributed by atoms with van der Waals surface area (Å²) in [7, 11) is 0. The summed E-state index contributed by atoms with van der Waals surface area (Å²) in [6.07, 6.45) is -0.0491. The lowest BCUT2D eigenvalue weighted by atomic mass is 10.0. The molecule has 1 amide bonds. The van der Waals surface area contributed by atoms with Crippen LogP contribution in [0.15, 0.2) is 24.3 Å². The highest BCUT2D eigenvalue weighted by molar-refractivity contribution is 5.97. The summed E-state index contributed by atoms with van der Waals surface area (Å²) in [4.78, 5) is 33.0. The molecule has 0 aliphatic heterocycles. The Kier molecular flexibility index (Phi) is 5.37. The van der Waals surface area contributed by atoms with Gasteiger partial charge in [-0.3, -0.25) is 14.9 Å². The van der Waals surface area contributed by atoms with Gasteiger partial charge in [0.2, 0.25) is 0 Å². The number of carbonyl (C=O) groups excluding carboxylic acids is 1. The third-order valence-corrected chi connectivity index (χ3v) is 2.73. The minimum Gasteiger partial charge on any atom is -0.480 e. The second-order valence-electron chi connectivity index (χ2n) is 4.44. The predicted octanol–water partition coefficient (Wildman–Crippen LogP) is 1.33. The Bertz CT molecular complexity index is 608. The number of carboxylic acid groups (broad SMARTS) is 1. The van der Waals surface area contributed by atoms with Crippen LogP contribution in [0.5, 0.6) is 0 Å². The molecular formula is C13H13N3O5. The van der Waals surface area contributed by atoms with E-state index in [9.17, 15) is 19.7 Å². The smallest absolute Gasteiger partial charge is 0.326 e. The number of benzene rings is 1. The lowest BCUT2D eigenvalue weighted by Gasteiger charge is -2.15. The molecule has 110 valence electrons. The molecule has 2 atom stereocenters. The quantitative estimate of drug-likeness (QED) is 0.599. The van der Waals surface area contributed by atoms with Gasteiger partial charge < -0.3 is 10.4 Å². The summed E-state index contributed by atoms with van der Waals surface area (Å²) in [5.74, 6) is -2.55. The van der Waals surface area contributed by atoms with E-state index in [1.54, 1.807) is 0 Å². The number of rotatable bonds is 6. The van der Waals surface area contributed by atoms with Crippen molar-refractivity contribution >= 4 is 17.6 Å². The number of aliphatic carboxylic acids is 1. The first kappa shape index (κ1) is 16.1. The minimum atomic E-state index is -1.27. The third-order valence-electron chi connectivity index (χ3n) is 2.73. The van der Waals surface area contributed by atoms with Crippen LogP contribution in [0.3, 0.4) is 0 Å². The van der Waals surface area contributed by atoms with Crippen molar-refractivity contribution in [2.24, 2.45) is 5.92 Å². The number of non-ortho nitro benzene ring substituents is 1. The van der Waals surface area contributed by atoms with Gasteiger partial charge >= 0.3 is 5.97 Å². The molecule has 0 aliphatic rings.